The molecule has 13 heavy (non-hydrogen) atoms. The van der Waals surface area contributed by atoms with Gasteiger partial charge in [-0.1, -0.05) is 0 Å². The summed E-state index contributed by atoms with van der Waals surface area (Å²) in [5.74, 6) is 0. The molecule has 4 heteroatoms. The summed E-state index contributed by atoms with van der Waals surface area (Å²) in [7, 11) is 0. The van der Waals surface area contributed by atoms with Gasteiger partial charge in [0.1, 0.15) is 13.2 Å². The molecule has 0 amide bonds. The van der Waals surface area contributed by atoms with Crippen LogP contribution in [-0.4, -0.2) is 17.9 Å². The molecule has 0 saturated heterocycles. The fourth-order valence-corrected chi connectivity index (χ4v) is 1.13. The molecule has 0 spiro atoms. The van der Waals surface area contributed by atoms with Crippen LogP contribution in [0.2, 0.25) is 0 Å². The quantitative estimate of drug-likeness (QED) is 0.630. The fraction of sp³-hybridized carbons (Fsp3) is 0.667. The lowest BCUT2D eigenvalue weighted by Gasteiger charge is -1.94. The third kappa shape index (κ3) is 1.94. The van der Waals surface area contributed by atoms with Crippen molar-refractivity contribution in [1.82, 2.24) is 4.73 Å². The lowest BCUT2D eigenvalue weighted by Crippen LogP contribution is -2.43. The van der Waals surface area contributed by atoms with Gasteiger partial charge in [-0.05, 0) is 23.3 Å². The summed E-state index contributed by atoms with van der Waals surface area (Å²) < 4.78 is 3.45. The lowest BCUT2D eigenvalue weighted by atomic mass is 10.4. The van der Waals surface area contributed by atoms with Crippen molar-refractivity contribution < 1.29 is 14.4 Å². The number of aromatic nitrogens is 2. The molecule has 0 atom stereocenters. The Balaban J connectivity index is 2.90. The number of hydrogen-bond acceptors (Lipinski definition) is 2. The van der Waals surface area contributed by atoms with E-state index in [2.05, 4.69) is 0 Å². The zero-order valence-electron chi connectivity index (χ0n) is 8.70. The zero-order chi connectivity index (χ0) is 9.84. The lowest BCUT2D eigenvalue weighted by molar-refractivity contribution is -0.895. The van der Waals surface area contributed by atoms with E-state index in [4.69, 9.17) is 9.68 Å². The minimum Gasteiger partial charge on any atom is -0.336 e. The normalized spacial score (nSPS) is 10.2. The molecular weight excluding hydrogens is 168 g/mol. The van der Waals surface area contributed by atoms with Crippen LogP contribution >= 0.6 is 0 Å². The predicted octanol–water partition coefficient (Wildman–Crippen LogP) is 0.289. The van der Waals surface area contributed by atoms with Crippen LogP contribution in [0, 0.1) is 13.8 Å². The van der Waals surface area contributed by atoms with Crippen LogP contribution in [-0.2, 0) is 0 Å². The van der Waals surface area contributed by atoms with Crippen LogP contribution in [0.25, 0.3) is 0 Å². The van der Waals surface area contributed by atoms with Crippen molar-refractivity contribution >= 4 is 0 Å². The van der Waals surface area contributed by atoms with Crippen LogP contribution in [0.4, 0.5) is 0 Å². The molecule has 4 nitrogen and oxygen atoms in total. The summed E-state index contributed by atoms with van der Waals surface area (Å²) in [5.41, 5.74) is 2.13. The van der Waals surface area contributed by atoms with Gasteiger partial charge in [0.25, 0.3) is 0 Å². The Morgan fingerprint density at radius 1 is 1.31 bits per heavy atom. The third-order valence-electron chi connectivity index (χ3n) is 1.93. The Labute approximate surface area is 78.6 Å². The summed E-state index contributed by atoms with van der Waals surface area (Å²) in [6.07, 6.45) is 1.80. The maximum Gasteiger partial charge on any atom is 0.323 e. The van der Waals surface area contributed by atoms with Crippen molar-refractivity contribution in [2.75, 3.05) is 13.2 Å². The average molecular weight is 185 g/mol. The topological polar surface area (TPSA) is 27.3 Å². The minimum atomic E-state index is 0.654. The molecule has 0 saturated carbocycles. The molecule has 0 aliphatic carbocycles. The minimum absolute atomic E-state index is 0.654. The van der Waals surface area contributed by atoms with Gasteiger partial charge in [-0.25, -0.2) is 0 Å². The molecule has 0 aromatic carbocycles. The van der Waals surface area contributed by atoms with Gasteiger partial charge in [0.2, 0.25) is 0 Å². The highest BCUT2D eigenvalue weighted by Gasteiger charge is 2.17. The van der Waals surface area contributed by atoms with Crippen molar-refractivity contribution in [3.8, 4) is 0 Å². The van der Waals surface area contributed by atoms with E-state index in [-0.39, 0.29) is 0 Å². The maximum atomic E-state index is 5.36. The Morgan fingerprint density at radius 2 is 2.00 bits per heavy atom. The highest BCUT2D eigenvalue weighted by molar-refractivity contribution is 5.00. The van der Waals surface area contributed by atoms with Gasteiger partial charge < -0.3 is 9.68 Å². The van der Waals surface area contributed by atoms with E-state index in [9.17, 15) is 0 Å². The third-order valence-corrected chi connectivity index (χ3v) is 1.93. The van der Waals surface area contributed by atoms with Crippen LogP contribution in [0.5, 0.6) is 0 Å². The van der Waals surface area contributed by atoms with Gasteiger partial charge in [0.05, 0.1) is 0 Å². The van der Waals surface area contributed by atoms with E-state index in [0.29, 0.717) is 13.2 Å². The second-order valence-electron chi connectivity index (χ2n) is 2.77. The maximum absolute atomic E-state index is 5.36. The number of imidazole rings is 1. The summed E-state index contributed by atoms with van der Waals surface area (Å²) in [6, 6.07) is 0. The van der Waals surface area contributed by atoms with E-state index in [1.807, 2.05) is 27.7 Å². The van der Waals surface area contributed by atoms with Crippen molar-refractivity contribution in [1.29, 1.82) is 0 Å². The number of rotatable bonds is 4. The average Bonchev–Trinajstić information content (AvgIpc) is 2.36. The fourth-order valence-electron chi connectivity index (χ4n) is 1.13. The van der Waals surface area contributed by atoms with Crippen LogP contribution in [0.3, 0.4) is 0 Å². The van der Waals surface area contributed by atoms with Crippen molar-refractivity contribution in [3.63, 3.8) is 0 Å². The van der Waals surface area contributed by atoms with E-state index in [1.54, 1.807) is 15.8 Å². The molecule has 0 bridgehead atoms. The number of nitrogens with zero attached hydrogens (tertiary/aromatic N) is 2. The Hall–Kier alpha value is -1.19. The molecule has 0 N–H and O–H groups in total. The van der Waals surface area contributed by atoms with Crippen molar-refractivity contribution in [2.24, 2.45) is 0 Å². The molecule has 0 aliphatic heterocycles. The molecule has 0 unspecified atom stereocenters. The first-order valence-corrected chi connectivity index (χ1v) is 4.57. The van der Waals surface area contributed by atoms with E-state index in [1.165, 1.54) is 0 Å². The Morgan fingerprint density at radius 3 is 2.54 bits per heavy atom. The van der Waals surface area contributed by atoms with Crippen LogP contribution < -0.4 is 14.4 Å². The second kappa shape index (κ2) is 4.16. The number of hydrogen-bond donors (Lipinski definition) is 0. The molecule has 0 aliphatic rings. The molecular formula is C9H17N2O2+. The van der Waals surface area contributed by atoms with Gasteiger partial charge in [0.15, 0.2) is 11.4 Å². The SMILES string of the molecule is CCOn1c[n+](OCC)c(C)c1C. The molecule has 74 valence electrons. The molecule has 0 radical (unpaired) electrons. The van der Waals surface area contributed by atoms with E-state index < -0.39 is 0 Å². The first kappa shape index (κ1) is 9.89. The molecule has 1 rings (SSSR count). The summed E-state index contributed by atoms with van der Waals surface area (Å²) >= 11 is 0. The molecule has 1 heterocycles. The van der Waals surface area contributed by atoms with Gasteiger partial charge in [0, 0.05) is 13.8 Å². The predicted molar refractivity (Wildman–Crippen MR) is 48.3 cm³/mol. The van der Waals surface area contributed by atoms with Crippen molar-refractivity contribution in [3.05, 3.63) is 17.7 Å². The highest BCUT2D eigenvalue weighted by atomic mass is 16.7. The first-order chi connectivity index (χ1) is 6.20. The van der Waals surface area contributed by atoms with Crippen LogP contribution in [0.15, 0.2) is 6.33 Å². The largest absolute Gasteiger partial charge is 0.336 e. The Bertz CT molecular complexity index is 255. The first-order valence-electron chi connectivity index (χ1n) is 4.57. The summed E-state index contributed by atoms with van der Waals surface area (Å²) in [6.45, 7) is 9.22. The van der Waals surface area contributed by atoms with E-state index >= 15 is 0 Å². The summed E-state index contributed by atoms with van der Waals surface area (Å²) in [4.78, 5) is 10.7. The molecule has 1 aromatic rings. The van der Waals surface area contributed by atoms with Crippen LogP contribution in [0.1, 0.15) is 25.2 Å². The highest BCUT2D eigenvalue weighted by Crippen LogP contribution is 1.99. The monoisotopic (exact) mass is 185 g/mol. The van der Waals surface area contributed by atoms with Gasteiger partial charge >= 0.3 is 6.33 Å². The smallest absolute Gasteiger partial charge is 0.323 e. The van der Waals surface area contributed by atoms with Gasteiger partial charge in [-0.2, -0.15) is 0 Å². The standard InChI is InChI=1S/C9H17N2O2/c1-5-12-10-7-11(13-6-2)9(4)8(10)3/h7H,5-6H2,1-4H3/q+1. The molecule has 1 aromatic heterocycles. The molecule has 0 fully saturated rings. The zero-order valence-corrected chi connectivity index (χ0v) is 8.70. The van der Waals surface area contributed by atoms with Gasteiger partial charge in [-0.3, -0.25) is 0 Å². The van der Waals surface area contributed by atoms with E-state index in [0.717, 1.165) is 11.4 Å². The summed E-state index contributed by atoms with van der Waals surface area (Å²) in [5, 5.41) is 0. The van der Waals surface area contributed by atoms with Gasteiger partial charge in [-0.15, -0.1) is 0 Å². The second-order valence-corrected chi connectivity index (χ2v) is 2.77. The van der Waals surface area contributed by atoms with Crippen molar-refractivity contribution in [2.45, 2.75) is 27.7 Å². The Kier molecular flexibility index (Phi) is 3.17.